The van der Waals surface area contributed by atoms with E-state index in [1.807, 2.05) is 12.1 Å². The van der Waals surface area contributed by atoms with E-state index in [-0.39, 0.29) is 0 Å². The summed E-state index contributed by atoms with van der Waals surface area (Å²) in [4.78, 5) is 23.6. The summed E-state index contributed by atoms with van der Waals surface area (Å²) in [6, 6.07) is 13.6. The molecule has 0 aromatic heterocycles. The second-order valence-corrected chi connectivity index (χ2v) is 5.37. The first-order valence-electron chi connectivity index (χ1n) is 6.11. The lowest BCUT2D eigenvalue weighted by Gasteiger charge is -2.10. The minimum absolute atomic E-state index is 0.303. The van der Waals surface area contributed by atoms with Crippen LogP contribution in [0.1, 0.15) is 10.4 Å². The van der Waals surface area contributed by atoms with Crippen LogP contribution in [0.4, 0.5) is 16.2 Å². The van der Waals surface area contributed by atoms with Crippen molar-refractivity contribution in [3.8, 4) is 0 Å². The molecule has 21 heavy (non-hydrogen) atoms. The third-order valence-electron chi connectivity index (χ3n) is 2.68. The van der Waals surface area contributed by atoms with Crippen LogP contribution in [0.15, 0.2) is 48.5 Å². The van der Waals surface area contributed by atoms with Crippen LogP contribution in [-0.2, 0) is 4.74 Å². The minimum Gasteiger partial charge on any atom is -0.465 e. The molecule has 0 aliphatic carbocycles. The predicted molar refractivity (Wildman–Crippen MR) is 89.6 cm³/mol. The van der Waals surface area contributed by atoms with Gasteiger partial charge in [0.2, 0.25) is 0 Å². The Labute approximate surface area is 135 Å². The van der Waals surface area contributed by atoms with E-state index in [9.17, 15) is 9.59 Å². The Morgan fingerprint density at radius 3 is 2.33 bits per heavy atom. The second-order valence-electron chi connectivity index (χ2n) is 4.12. The molecule has 108 valence electrons. The molecular formula is C15H13IN2O3. The number of hydrogen-bond acceptors (Lipinski definition) is 3. The average Bonchev–Trinajstić information content (AvgIpc) is 2.49. The lowest BCUT2D eigenvalue weighted by atomic mass is 10.2. The molecule has 2 amide bonds. The number of carbonyl (C=O) groups excluding carboxylic acids is 2. The Morgan fingerprint density at radius 1 is 1.00 bits per heavy atom. The minimum atomic E-state index is -0.500. The van der Waals surface area contributed by atoms with Gasteiger partial charge < -0.3 is 15.4 Å². The van der Waals surface area contributed by atoms with Crippen molar-refractivity contribution in [2.75, 3.05) is 17.7 Å². The van der Waals surface area contributed by atoms with Crippen LogP contribution >= 0.6 is 22.6 Å². The van der Waals surface area contributed by atoms with Gasteiger partial charge in [-0.25, -0.2) is 9.59 Å². The lowest BCUT2D eigenvalue weighted by Crippen LogP contribution is -2.21. The molecule has 0 saturated heterocycles. The summed E-state index contributed by atoms with van der Waals surface area (Å²) in [6.07, 6.45) is 0. The fraction of sp³-hybridized carbons (Fsp3) is 0.0667. The van der Waals surface area contributed by atoms with E-state index in [4.69, 9.17) is 0 Å². The van der Waals surface area contributed by atoms with Gasteiger partial charge in [-0.1, -0.05) is 12.1 Å². The standard InChI is InChI=1S/C15H13IN2O3/c1-21-14(19)12-4-2-3-5-13(12)18-15(20)17-11-8-6-10(16)7-9-11/h2-9H,1H3,(H2,17,18,20). The highest BCUT2D eigenvalue weighted by molar-refractivity contribution is 14.1. The molecule has 2 rings (SSSR count). The van der Waals surface area contributed by atoms with E-state index < -0.39 is 12.0 Å². The number of hydrogen-bond donors (Lipinski definition) is 2. The summed E-state index contributed by atoms with van der Waals surface area (Å²) in [5, 5.41) is 5.33. The Kier molecular flexibility index (Phi) is 5.15. The number of benzene rings is 2. The maximum Gasteiger partial charge on any atom is 0.339 e. The van der Waals surface area contributed by atoms with Gasteiger partial charge in [0.25, 0.3) is 0 Å². The highest BCUT2D eigenvalue weighted by atomic mass is 127. The number of halogens is 1. The number of rotatable bonds is 3. The van der Waals surface area contributed by atoms with Crippen molar-refractivity contribution < 1.29 is 14.3 Å². The van der Waals surface area contributed by atoms with Crippen LogP contribution < -0.4 is 10.6 Å². The third kappa shape index (κ3) is 4.19. The smallest absolute Gasteiger partial charge is 0.339 e. The van der Waals surface area contributed by atoms with E-state index in [0.29, 0.717) is 16.9 Å². The van der Waals surface area contributed by atoms with E-state index in [0.717, 1.165) is 3.57 Å². The first-order chi connectivity index (χ1) is 10.1. The Hall–Kier alpha value is -2.09. The molecule has 0 fully saturated rings. The number of para-hydroxylation sites is 1. The van der Waals surface area contributed by atoms with Crippen molar-refractivity contribution in [2.45, 2.75) is 0 Å². The highest BCUT2D eigenvalue weighted by Crippen LogP contribution is 2.17. The van der Waals surface area contributed by atoms with Crippen LogP contribution in [0, 0.1) is 3.57 Å². The molecule has 5 nitrogen and oxygen atoms in total. The first-order valence-corrected chi connectivity index (χ1v) is 7.19. The summed E-state index contributed by atoms with van der Waals surface area (Å²) < 4.78 is 5.76. The van der Waals surface area contributed by atoms with Crippen molar-refractivity contribution in [2.24, 2.45) is 0 Å². The van der Waals surface area contributed by atoms with Crippen LogP contribution in [0.2, 0.25) is 0 Å². The zero-order valence-corrected chi connectivity index (χ0v) is 13.4. The number of amides is 2. The van der Waals surface area contributed by atoms with Crippen molar-refractivity contribution in [3.05, 3.63) is 57.7 Å². The van der Waals surface area contributed by atoms with Crippen LogP contribution in [0.3, 0.4) is 0 Å². The number of methoxy groups -OCH3 is 1. The molecule has 0 bridgehead atoms. The highest BCUT2D eigenvalue weighted by Gasteiger charge is 2.13. The summed E-state index contributed by atoms with van der Waals surface area (Å²) in [6.45, 7) is 0. The SMILES string of the molecule is COC(=O)c1ccccc1NC(=O)Nc1ccc(I)cc1. The second kappa shape index (κ2) is 7.07. The molecule has 0 atom stereocenters. The first kappa shape index (κ1) is 15.3. The molecule has 0 saturated carbocycles. The molecule has 2 aromatic carbocycles. The fourth-order valence-electron chi connectivity index (χ4n) is 1.70. The summed E-state index contributed by atoms with van der Waals surface area (Å²) in [7, 11) is 1.30. The number of anilines is 2. The number of ether oxygens (including phenoxy) is 1. The average molecular weight is 396 g/mol. The monoisotopic (exact) mass is 396 g/mol. The van der Waals surface area contributed by atoms with Gasteiger partial charge in [0.1, 0.15) is 0 Å². The largest absolute Gasteiger partial charge is 0.465 e. The zero-order chi connectivity index (χ0) is 15.2. The van der Waals surface area contributed by atoms with Gasteiger partial charge in [0.15, 0.2) is 0 Å². The Bertz CT molecular complexity index is 656. The maximum atomic E-state index is 12.0. The van der Waals surface area contributed by atoms with Crippen LogP contribution in [0.5, 0.6) is 0 Å². The lowest BCUT2D eigenvalue weighted by molar-refractivity contribution is 0.0602. The van der Waals surface area contributed by atoms with Gasteiger partial charge in [-0.05, 0) is 59.0 Å². The molecule has 6 heteroatoms. The Balaban J connectivity index is 2.09. The quantitative estimate of drug-likeness (QED) is 0.614. The number of esters is 1. The molecule has 2 N–H and O–H groups in total. The molecule has 0 radical (unpaired) electrons. The van der Waals surface area contributed by atoms with E-state index in [2.05, 4.69) is 38.0 Å². The molecule has 0 heterocycles. The Morgan fingerprint density at radius 2 is 1.67 bits per heavy atom. The maximum absolute atomic E-state index is 12.0. The van der Waals surface area contributed by atoms with E-state index in [1.165, 1.54) is 7.11 Å². The van der Waals surface area contributed by atoms with Crippen molar-refractivity contribution in [1.82, 2.24) is 0 Å². The van der Waals surface area contributed by atoms with Crippen LogP contribution in [0.25, 0.3) is 0 Å². The summed E-state index contributed by atoms with van der Waals surface area (Å²) in [5.41, 5.74) is 1.37. The predicted octanol–water partition coefficient (Wildman–Crippen LogP) is 3.72. The summed E-state index contributed by atoms with van der Waals surface area (Å²) >= 11 is 2.18. The van der Waals surface area contributed by atoms with E-state index >= 15 is 0 Å². The van der Waals surface area contributed by atoms with Gasteiger partial charge in [-0.3, -0.25) is 0 Å². The van der Waals surface area contributed by atoms with Gasteiger partial charge >= 0.3 is 12.0 Å². The van der Waals surface area contributed by atoms with Crippen LogP contribution in [-0.4, -0.2) is 19.1 Å². The fourth-order valence-corrected chi connectivity index (χ4v) is 2.06. The van der Waals surface area contributed by atoms with Gasteiger partial charge in [-0.15, -0.1) is 0 Å². The topological polar surface area (TPSA) is 67.4 Å². The number of carbonyl (C=O) groups is 2. The molecule has 2 aromatic rings. The zero-order valence-electron chi connectivity index (χ0n) is 11.2. The van der Waals surface area contributed by atoms with Gasteiger partial charge in [-0.2, -0.15) is 0 Å². The van der Waals surface area contributed by atoms with Crippen molar-refractivity contribution in [1.29, 1.82) is 0 Å². The molecule has 0 unspecified atom stereocenters. The molecule has 0 aliphatic heterocycles. The van der Waals surface area contributed by atoms with Crippen molar-refractivity contribution >= 4 is 46.0 Å². The number of urea groups is 1. The molecule has 0 aliphatic rings. The van der Waals surface area contributed by atoms with Gasteiger partial charge in [0, 0.05) is 9.26 Å². The normalized spacial score (nSPS) is 9.81. The van der Waals surface area contributed by atoms with Gasteiger partial charge in [0.05, 0.1) is 18.4 Å². The molecule has 0 spiro atoms. The molecular weight excluding hydrogens is 383 g/mol. The van der Waals surface area contributed by atoms with E-state index in [1.54, 1.807) is 36.4 Å². The number of nitrogens with one attached hydrogen (secondary N) is 2. The summed E-state index contributed by atoms with van der Waals surface area (Å²) in [5.74, 6) is -0.500. The van der Waals surface area contributed by atoms with Crippen molar-refractivity contribution in [3.63, 3.8) is 0 Å². The third-order valence-corrected chi connectivity index (χ3v) is 3.40.